The maximum absolute atomic E-state index is 12.1. The minimum atomic E-state index is -4.45. The first-order chi connectivity index (χ1) is 14.5. The molecule has 1 saturated heterocycles. The van der Waals surface area contributed by atoms with E-state index in [4.69, 9.17) is 26.1 Å². The molecule has 0 aliphatic carbocycles. The van der Waals surface area contributed by atoms with E-state index in [0.29, 0.717) is 17.6 Å². The Balaban J connectivity index is 1.65. The van der Waals surface area contributed by atoms with Crippen molar-refractivity contribution in [3.63, 3.8) is 0 Å². The number of imidazole rings is 1. The van der Waals surface area contributed by atoms with Crippen LogP contribution in [0.15, 0.2) is 12.7 Å². The van der Waals surface area contributed by atoms with Crippen molar-refractivity contribution in [1.82, 2.24) is 24.2 Å². The molecule has 3 rings (SSSR count). The lowest BCUT2D eigenvalue weighted by atomic mass is 10.0. The van der Waals surface area contributed by atoms with Gasteiger partial charge in [-0.25, -0.2) is 19.7 Å². The zero-order chi connectivity index (χ0) is 22.9. The van der Waals surface area contributed by atoms with Gasteiger partial charge in [-0.3, -0.25) is 13.5 Å². The van der Waals surface area contributed by atoms with Gasteiger partial charge in [-0.15, -0.1) is 0 Å². The maximum atomic E-state index is 12.1. The molecule has 5 atom stereocenters. The van der Waals surface area contributed by atoms with E-state index >= 15 is 0 Å². The highest BCUT2D eigenvalue weighted by molar-refractivity contribution is 7.85. The Kier molecular flexibility index (Phi) is 6.73. The SMILES string of the molecule is CC(C)C[C@H](N)C(=O)NS(=O)(=O)OC[C@H]1O[C@@H](n2cnc3c(N)ncnc32)[C@H](O)[C@@H]1N. The van der Waals surface area contributed by atoms with Gasteiger partial charge in [0.15, 0.2) is 17.7 Å². The van der Waals surface area contributed by atoms with Gasteiger partial charge in [0.05, 0.1) is 25.0 Å². The molecule has 8 N–H and O–H groups in total. The summed E-state index contributed by atoms with van der Waals surface area (Å²) in [5, 5.41) is 10.5. The summed E-state index contributed by atoms with van der Waals surface area (Å²) in [5.41, 5.74) is 18.0. The van der Waals surface area contributed by atoms with E-state index in [2.05, 4.69) is 15.0 Å². The number of ether oxygens (including phenoxy) is 1. The Morgan fingerprint density at radius 2 is 2.10 bits per heavy atom. The molecule has 0 aromatic carbocycles. The summed E-state index contributed by atoms with van der Waals surface area (Å²) in [6, 6.07) is -1.99. The maximum Gasteiger partial charge on any atom is 0.362 e. The number of nitrogens with two attached hydrogens (primary N) is 3. The molecule has 172 valence electrons. The van der Waals surface area contributed by atoms with Gasteiger partial charge in [0.2, 0.25) is 0 Å². The normalized spacial score (nSPS) is 25.2. The minimum Gasteiger partial charge on any atom is -0.387 e. The molecule has 2 aromatic heterocycles. The van der Waals surface area contributed by atoms with Crippen LogP contribution in [0.5, 0.6) is 0 Å². The number of hydrogen-bond acceptors (Lipinski definition) is 12. The van der Waals surface area contributed by atoms with Gasteiger partial charge in [0.1, 0.15) is 24.1 Å². The Morgan fingerprint density at radius 3 is 2.77 bits per heavy atom. The second-order valence-electron chi connectivity index (χ2n) is 7.66. The van der Waals surface area contributed by atoms with E-state index < -0.39 is 53.3 Å². The van der Waals surface area contributed by atoms with Crippen LogP contribution in [-0.2, 0) is 24.0 Å². The lowest BCUT2D eigenvalue weighted by Crippen LogP contribution is -2.46. The van der Waals surface area contributed by atoms with Crippen molar-refractivity contribution in [2.45, 2.75) is 50.8 Å². The Bertz CT molecular complexity index is 1040. The van der Waals surface area contributed by atoms with Crippen molar-refractivity contribution in [3.8, 4) is 0 Å². The number of rotatable bonds is 8. The number of anilines is 1. The number of aliphatic hydroxyl groups excluding tert-OH is 1. The summed E-state index contributed by atoms with van der Waals surface area (Å²) in [6.45, 7) is 3.16. The minimum absolute atomic E-state index is 0.104. The van der Waals surface area contributed by atoms with Crippen LogP contribution in [0, 0.1) is 5.92 Å². The van der Waals surface area contributed by atoms with Gasteiger partial charge in [0.25, 0.3) is 5.91 Å². The van der Waals surface area contributed by atoms with Crippen LogP contribution in [0.4, 0.5) is 5.82 Å². The number of aromatic nitrogens is 4. The van der Waals surface area contributed by atoms with Gasteiger partial charge in [0, 0.05) is 0 Å². The number of fused-ring (bicyclic) bond motifs is 1. The first-order valence-corrected chi connectivity index (χ1v) is 10.9. The molecule has 0 saturated carbocycles. The molecule has 2 aromatic rings. The third-order valence-electron chi connectivity index (χ3n) is 4.77. The smallest absolute Gasteiger partial charge is 0.362 e. The largest absolute Gasteiger partial charge is 0.387 e. The molecular weight excluding hydrogens is 432 g/mol. The number of hydrogen-bond donors (Lipinski definition) is 5. The summed E-state index contributed by atoms with van der Waals surface area (Å²) >= 11 is 0. The number of aliphatic hydroxyl groups is 1. The average Bonchev–Trinajstić information content (AvgIpc) is 3.22. The molecule has 1 amide bonds. The Hall–Kier alpha value is -2.43. The number of nitrogen functional groups attached to an aromatic ring is 1. The predicted molar refractivity (Wildman–Crippen MR) is 108 cm³/mol. The zero-order valence-corrected chi connectivity index (χ0v) is 17.8. The van der Waals surface area contributed by atoms with E-state index in [1.807, 2.05) is 13.8 Å². The van der Waals surface area contributed by atoms with Crippen LogP contribution in [0.2, 0.25) is 0 Å². The number of carbonyl (C=O) groups is 1. The summed E-state index contributed by atoms with van der Waals surface area (Å²) < 4.78 is 37.9. The summed E-state index contributed by atoms with van der Waals surface area (Å²) in [6.07, 6.45) is -0.353. The highest BCUT2D eigenvalue weighted by atomic mass is 32.2. The molecule has 1 aliphatic heterocycles. The highest BCUT2D eigenvalue weighted by Crippen LogP contribution is 2.31. The molecule has 1 fully saturated rings. The topological polar surface area (TPSA) is 224 Å². The highest BCUT2D eigenvalue weighted by Gasteiger charge is 2.44. The molecule has 31 heavy (non-hydrogen) atoms. The van der Waals surface area contributed by atoms with Crippen LogP contribution in [0.3, 0.4) is 0 Å². The molecular formula is C16H26N8O6S. The Morgan fingerprint density at radius 1 is 1.39 bits per heavy atom. The summed E-state index contributed by atoms with van der Waals surface area (Å²) in [5.74, 6) is -0.629. The molecule has 0 radical (unpaired) electrons. The first kappa shape index (κ1) is 23.2. The van der Waals surface area contributed by atoms with Gasteiger partial charge in [-0.2, -0.15) is 8.42 Å². The Labute approximate surface area is 178 Å². The molecule has 15 heteroatoms. The van der Waals surface area contributed by atoms with Crippen molar-refractivity contribution in [1.29, 1.82) is 0 Å². The van der Waals surface area contributed by atoms with Crippen LogP contribution < -0.4 is 21.9 Å². The van der Waals surface area contributed by atoms with Gasteiger partial charge >= 0.3 is 10.3 Å². The van der Waals surface area contributed by atoms with E-state index in [1.54, 1.807) is 4.72 Å². The van der Waals surface area contributed by atoms with Gasteiger partial charge < -0.3 is 27.0 Å². The third kappa shape index (κ3) is 5.08. The number of nitrogens with one attached hydrogen (secondary N) is 1. The quantitative estimate of drug-likeness (QED) is 0.283. The lowest BCUT2D eigenvalue weighted by molar-refractivity contribution is -0.121. The van der Waals surface area contributed by atoms with Crippen molar-refractivity contribution in [2.24, 2.45) is 17.4 Å². The molecule has 0 bridgehead atoms. The van der Waals surface area contributed by atoms with E-state index in [9.17, 15) is 18.3 Å². The fraction of sp³-hybridized carbons (Fsp3) is 0.625. The third-order valence-corrected chi connectivity index (χ3v) is 5.66. The van der Waals surface area contributed by atoms with Crippen LogP contribution in [-0.4, -0.2) is 69.8 Å². The van der Waals surface area contributed by atoms with E-state index in [-0.39, 0.29) is 11.7 Å². The first-order valence-electron chi connectivity index (χ1n) is 9.49. The van der Waals surface area contributed by atoms with E-state index in [0.717, 1.165) is 0 Å². The number of nitrogens with zero attached hydrogens (tertiary/aromatic N) is 4. The van der Waals surface area contributed by atoms with Crippen molar-refractivity contribution >= 4 is 33.2 Å². The van der Waals surface area contributed by atoms with Crippen LogP contribution >= 0.6 is 0 Å². The predicted octanol–water partition coefficient (Wildman–Crippen LogP) is -2.25. The average molecular weight is 459 g/mol. The fourth-order valence-corrected chi connectivity index (χ4v) is 3.97. The van der Waals surface area contributed by atoms with Gasteiger partial charge in [-0.05, 0) is 12.3 Å². The standard InChI is InChI=1S/C16H26N8O6S/c1-7(2)3-8(17)15(26)23-31(27,28)29-4-9-10(18)12(25)16(30-9)24-6-22-11-13(19)20-5-21-14(11)24/h5-10,12,16,25H,3-4,17-18H2,1-2H3,(H,23,26)(H2,19,20,21)/t8-,9+,10+,12+,16+/m0/s1. The number of carbonyl (C=O) groups excluding carboxylic acids is 1. The van der Waals surface area contributed by atoms with Crippen molar-refractivity contribution < 1.29 is 27.2 Å². The van der Waals surface area contributed by atoms with Gasteiger partial charge in [-0.1, -0.05) is 13.8 Å². The van der Waals surface area contributed by atoms with E-state index in [1.165, 1.54) is 17.2 Å². The summed E-state index contributed by atoms with van der Waals surface area (Å²) in [4.78, 5) is 24.0. The lowest BCUT2D eigenvalue weighted by Gasteiger charge is -2.17. The van der Waals surface area contributed by atoms with Crippen molar-refractivity contribution in [3.05, 3.63) is 12.7 Å². The molecule has 0 spiro atoms. The van der Waals surface area contributed by atoms with Crippen LogP contribution in [0.25, 0.3) is 11.2 Å². The summed E-state index contributed by atoms with van der Waals surface area (Å²) in [7, 11) is -4.45. The number of amides is 1. The second kappa shape index (κ2) is 8.97. The fourth-order valence-electron chi connectivity index (χ4n) is 3.20. The zero-order valence-electron chi connectivity index (χ0n) is 17.0. The van der Waals surface area contributed by atoms with Crippen molar-refractivity contribution in [2.75, 3.05) is 12.3 Å². The molecule has 0 unspecified atom stereocenters. The molecule has 1 aliphatic rings. The second-order valence-corrected chi connectivity index (χ2v) is 9.01. The van der Waals surface area contributed by atoms with Crippen LogP contribution in [0.1, 0.15) is 26.5 Å². The monoisotopic (exact) mass is 458 g/mol. The molecule has 3 heterocycles. The molecule has 14 nitrogen and oxygen atoms in total.